The van der Waals surface area contributed by atoms with Gasteiger partial charge in [0.15, 0.2) is 12.6 Å². The zero-order valence-electron chi connectivity index (χ0n) is 47.0. The Kier molecular flexibility index (Phi) is 43.1. The molecule has 14 heteroatoms. The number of rotatable bonds is 48. The summed E-state index contributed by atoms with van der Waals surface area (Å²) < 4.78 is 22.8. The first kappa shape index (κ1) is 69.1. The van der Waals surface area contributed by atoms with Gasteiger partial charge in [-0.2, -0.15) is 0 Å². The zero-order valence-corrected chi connectivity index (χ0v) is 47.0. The van der Waals surface area contributed by atoms with E-state index in [2.05, 4.69) is 55.6 Å². The molecule has 0 saturated carbocycles. The number of allylic oxidation sites excluding steroid dienone is 8. The Morgan fingerprint density at radius 1 is 0.493 bits per heavy atom. The number of hydrogen-bond acceptors (Lipinski definition) is 13. The quantitative estimate of drug-likeness (QED) is 0.0204. The maximum atomic E-state index is 13.2. The van der Waals surface area contributed by atoms with Crippen molar-refractivity contribution in [3.63, 3.8) is 0 Å². The molecule has 0 spiro atoms. The van der Waals surface area contributed by atoms with Crippen LogP contribution >= 0.6 is 0 Å². The van der Waals surface area contributed by atoms with Crippen LogP contribution in [0.25, 0.3) is 0 Å². The van der Waals surface area contributed by atoms with Gasteiger partial charge in [-0.1, -0.05) is 242 Å². The monoisotopic (exact) mass is 1070 g/mol. The number of nitrogens with one attached hydrogen (secondary N) is 1. The predicted octanol–water partition coefficient (Wildman–Crippen LogP) is 10.4. The minimum Gasteiger partial charge on any atom is -0.394 e. The Hall–Kier alpha value is -2.05. The standard InChI is InChI=1S/C61H111NO13/c1-3-5-7-9-11-13-15-17-18-19-20-21-22-23-24-25-26-27-28-29-30-31-33-34-36-38-40-42-44-50(65)49(62-53(66)45-43-41-39-37-35-32-16-14-12-10-8-6-4-2)48-72-60-58(71)56(69)59(52(47-64)74-60)75-61-57(70)55(68)54(67)51(46-63)73-61/h6,8,12,14,32,35,39,41,49-52,54-61,63-65,67-71H,3-5,7,9-11,13,15-31,33-34,36-38,40,42-48H2,1-2H3,(H,62,66)/b8-6-,14-12-,35-32-,41-39-. The van der Waals surface area contributed by atoms with E-state index in [9.17, 15) is 45.6 Å². The highest BCUT2D eigenvalue weighted by molar-refractivity contribution is 5.76. The SMILES string of the molecule is CC/C=C\C/C=C\C/C=C\C/C=C\CCC(=O)NC(COC1OC(CO)C(OC2OC(CO)C(O)C(O)C2O)C(O)C1O)C(O)CCCCCCCCCCCCCCCCCCCCCCCCCCCCCC. The van der Waals surface area contributed by atoms with Gasteiger partial charge in [-0.05, 0) is 38.5 Å². The topological polar surface area (TPSA) is 228 Å². The predicted molar refractivity (Wildman–Crippen MR) is 300 cm³/mol. The molecule has 0 aromatic heterocycles. The molecule has 0 aliphatic carbocycles. The van der Waals surface area contributed by atoms with E-state index >= 15 is 0 Å². The van der Waals surface area contributed by atoms with Crippen molar-refractivity contribution in [1.29, 1.82) is 0 Å². The molecule has 75 heavy (non-hydrogen) atoms. The number of unbranched alkanes of at least 4 members (excludes halogenated alkanes) is 27. The van der Waals surface area contributed by atoms with E-state index in [4.69, 9.17) is 18.9 Å². The summed E-state index contributed by atoms with van der Waals surface area (Å²) in [7, 11) is 0. The van der Waals surface area contributed by atoms with Gasteiger partial charge in [0.05, 0.1) is 32.0 Å². The van der Waals surface area contributed by atoms with Crippen LogP contribution in [0.2, 0.25) is 0 Å². The summed E-state index contributed by atoms with van der Waals surface area (Å²) in [5.41, 5.74) is 0. The smallest absolute Gasteiger partial charge is 0.220 e. The molecular formula is C61H111NO13. The van der Waals surface area contributed by atoms with Crippen LogP contribution in [0.1, 0.15) is 239 Å². The maximum absolute atomic E-state index is 13.2. The number of hydrogen-bond donors (Lipinski definition) is 9. The van der Waals surface area contributed by atoms with Crippen molar-refractivity contribution in [1.82, 2.24) is 5.32 Å². The third kappa shape index (κ3) is 32.6. The van der Waals surface area contributed by atoms with Crippen molar-refractivity contribution in [3.05, 3.63) is 48.6 Å². The van der Waals surface area contributed by atoms with Gasteiger partial charge < -0.3 is 65.1 Å². The van der Waals surface area contributed by atoms with Crippen molar-refractivity contribution in [2.45, 2.75) is 312 Å². The molecular weight excluding hydrogens is 955 g/mol. The minimum atomic E-state index is -1.79. The third-order valence-electron chi connectivity index (χ3n) is 14.8. The molecule has 0 bridgehead atoms. The maximum Gasteiger partial charge on any atom is 0.220 e. The van der Waals surface area contributed by atoms with Crippen molar-refractivity contribution in [3.8, 4) is 0 Å². The van der Waals surface area contributed by atoms with E-state index < -0.39 is 86.8 Å². The van der Waals surface area contributed by atoms with Gasteiger partial charge in [0, 0.05) is 6.42 Å². The Morgan fingerprint density at radius 2 is 0.893 bits per heavy atom. The average Bonchev–Trinajstić information content (AvgIpc) is 3.41. The number of aliphatic hydroxyl groups excluding tert-OH is 8. The highest BCUT2D eigenvalue weighted by Crippen LogP contribution is 2.30. The highest BCUT2D eigenvalue weighted by Gasteiger charge is 2.51. The molecule has 2 aliphatic heterocycles. The fraction of sp³-hybridized carbons (Fsp3) is 0.852. The number of amides is 1. The molecule has 0 aromatic carbocycles. The Morgan fingerprint density at radius 3 is 1.33 bits per heavy atom. The van der Waals surface area contributed by atoms with Gasteiger partial charge in [-0.3, -0.25) is 4.79 Å². The van der Waals surface area contributed by atoms with E-state index in [0.717, 1.165) is 51.4 Å². The number of carbonyl (C=O) groups excluding carboxylic acids is 1. The normalized spacial score (nSPS) is 25.4. The molecule has 1 amide bonds. The lowest BCUT2D eigenvalue weighted by Gasteiger charge is -2.46. The summed E-state index contributed by atoms with van der Waals surface area (Å²) in [5.74, 6) is -0.285. The van der Waals surface area contributed by atoms with Gasteiger partial charge in [0.2, 0.25) is 5.91 Å². The number of carbonyl (C=O) groups is 1. The minimum absolute atomic E-state index is 0.182. The molecule has 2 rings (SSSR count). The Labute approximate surface area is 454 Å². The van der Waals surface area contributed by atoms with Gasteiger partial charge in [-0.15, -0.1) is 0 Å². The number of aliphatic hydroxyl groups is 8. The van der Waals surface area contributed by atoms with Crippen LogP contribution in [0, 0.1) is 0 Å². The molecule has 12 unspecified atom stereocenters. The highest BCUT2D eigenvalue weighted by atomic mass is 16.7. The molecule has 2 saturated heterocycles. The molecule has 12 atom stereocenters. The first-order valence-electron chi connectivity index (χ1n) is 30.4. The summed E-state index contributed by atoms with van der Waals surface area (Å²) in [4.78, 5) is 13.2. The molecule has 9 N–H and O–H groups in total. The average molecular weight is 1070 g/mol. The summed E-state index contributed by atoms with van der Waals surface area (Å²) >= 11 is 0. The van der Waals surface area contributed by atoms with E-state index in [0.29, 0.717) is 12.8 Å². The summed E-state index contributed by atoms with van der Waals surface area (Å²) in [6, 6.07) is -0.868. The summed E-state index contributed by atoms with van der Waals surface area (Å²) in [6.45, 7) is 2.70. The van der Waals surface area contributed by atoms with Crippen LogP contribution in [-0.4, -0.2) is 140 Å². The van der Waals surface area contributed by atoms with E-state index in [1.807, 2.05) is 12.2 Å². The summed E-state index contributed by atoms with van der Waals surface area (Å²) in [6.07, 6.45) is 41.5. The van der Waals surface area contributed by atoms with Crippen LogP contribution in [0.4, 0.5) is 0 Å². The van der Waals surface area contributed by atoms with Crippen molar-refractivity contribution in [2.75, 3.05) is 19.8 Å². The van der Waals surface area contributed by atoms with Crippen LogP contribution in [0.3, 0.4) is 0 Å². The van der Waals surface area contributed by atoms with Crippen LogP contribution in [0.5, 0.6) is 0 Å². The lowest BCUT2D eigenvalue weighted by atomic mass is 9.97. The lowest BCUT2D eigenvalue weighted by Crippen LogP contribution is -2.65. The molecule has 2 heterocycles. The van der Waals surface area contributed by atoms with E-state index in [1.54, 1.807) is 0 Å². The fourth-order valence-corrected chi connectivity index (χ4v) is 9.96. The Bertz CT molecular complexity index is 1440. The zero-order chi connectivity index (χ0) is 54.6. The Balaban J connectivity index is 1.70. The molecule has 438 valence electrons. The van der Waals surface area contributed by atoms with Gasteiger partial charge in [0.25, 0.3) is 0 Å². The van der Waals surface area contributed by atoms with Gasteiger partial charge in [0.1, 0.15) is 48.8 Å². The molecule has 0 aromatic rings. The van der Waals surface area contributed by atoms with Crippen LogP contribution < -0.4 is 5.32 Å². The van der Waals surface area contributed by atoms with Crippen LogP contribution in [-0.2, 0) is 23.7 Å². The molecule has 0 radical (unpaired) electrons. The third-order valence-corrected chi connectivity index (χ3v) is 14.8. The van der Waals surface area contributed by atoms with Crippen molar-refractivity contribution in [2.24, 2.45) is 0 Å². The number of ether oxygens (including phenoxy) is 4. The second kappa shape index (κ2) is 46.8. The molecule has 2 fully saturated rings. The van der Waals surface area contributed by atoms with E-state index in [1.165, 1.54) is 154 Å². The first-order valence-corrected chi connectivity index (χ1v) is 30.4. The van der Waals surface area contributed by atoms with Gasteiger partial charge >= 0.3 is 0 Å². The van der Waals surface area contributed by atoms with Gasteiger partial charge in [-0.25, -0.2) is 0 Å². The summed E-state index contributed by atoms with van der Waals surface area (Å²) in [5, 5.41) is 87.1. The second-order valence-electron chi connectivity index (χ2n) is 21.5. The molecule has 2 aliphatic rings. The lowest BCUT2D eigenvalue weighted by molar-refractivity contribution is -0.359. The fourth-order valence-electron chi connectivity index (χ4n) is 9.96. The second-order valence-corrected chi connectivity index (χ2v) is 21.5. The van der Waals surface area contributed by atoms with E-state index in [-0.39, 0.29) is 18.9 Å². The largest absolute Gasteiger partial charge is 0.394 e. The van der Waals surface area contributed by atoms with Crippen molar-refractivity contribution >= 4 is 5.91 Å². The van der Waals surface area contributed by atoms with Crippen LogP contribution in [0.15, 0.2) is 48.6 Å². The van der Waals surface area contributed by atoms with Crippen molar-refractivity contribution < 1.29 is 64.6 Å². The molecule has 14 nitrogen and oxygen atoms in total. The first-order chi connectivity index (χ1) is 36.6.